The zero-order valence-corrected chi connectivity index (χ0v) is 23.8. The lowest BCUT2D eigenvalue weighted by Gasteiger charge is -2.12. The van der Waals surface area contributed by atoms with Gasteiger partial charge in [0.2, 0.25) is 5.90 Å². The van der Waals surface area contributed by atoms with Gasteiger partial charge in [-0.05, 0) is 137 Å². The third kappa shape index (κ3) is 5.69. The molecule has 0 N–H and O–H groups in total. The molecule has 3 aromatic carbocycles. The van der Waals surface area contributed by atoms with Gasteiger partial charge in [0.25, 0.3) is 0 Å². The molecule has 0 atom stereocenters. The summed E-state index contributed by atoms with van der Waals surface area (Å²) in [6, 6.07) is 19.7. The number of aliphatic imine (C=N–C) groups is 1. The van der Waals surface area contributed by atoms with E-state index < -0.39 is 5.97 Å². The molecule has 4 rings (SSSR count). The fraction of sp³-hybridized carbons (Fsp3) is 0.0435. The maximum atomic E-state index is 12.3. The topological polar surface area (TPSA) is 47.9 Å². The van der Waals surface area contributed by atoms with Crippen LogP contribution in [0.4, 0.5) is 0 Å². The molecule has 156 valence electrons. The van der Waals surface area contributed by atoms with E-state index in [-0.39, 0.29) is 5.70 Å². The van der Waals surface area contributed by atoms with Crippen LogP contribution in [0.5, 0.6) is 5.75 Å². The molecule has 0 bridgehead atoms. The summed E-state index contributed by atoms with van der Waals surface area (Å²) < 4.78 is 15.4. The standard InChI is InChI=1S/C23H13BrI3NO3/c24-17-7-2-1-6-16(17)22-28-20(23(29)31-22)11-14-9-18(26)21(19(27)10-14)30-12-13-4-3-5-15(25)8-13/h1-11H,12H2/b20-11-. The van der Waals surface area contributed by atoms with Crippen LogP contribution in [0.15, 0.2) is 75.8 Å². The average Bonchev–Trinajstić information content (AvgIpc) is 3.08. The molecule has 0 saturated carbocycles. The summed E-state index contributed by atoms with van der Waals surface area (Å²) in [5.74, 6) is 0.661. The van der Waals surface area contributed by atoms with Crippen LogP contribution in [-0.4, -0.2) is 11.9 Å². The fourth-order valence-corrected chi connectivity index (χ4v) is 6.09. The second-order valence-electron chi connectivity index (χ2n) is 6.55. The second-order valence-corrected chi connectivity index (χ2v) is 11.0. The van der Waals surface area contributed by atoms with Gasteiger partial charge < -0.3 is 9.47 Å². The molecule has 3 aromatic rings. The van der Waals surface area contributed by atoms with Crippen molar-refractivity contribution < 1.29 is 14.3 Å². The van der Waals surface area contributed by atoms with E-state index in [1.807, 2.05) is 48.5 Å². The third-order valence-electron chi connectivity index (χ3n) is 4.32. The van der Waals surface area contributed by atoms with E-state index in [1.54, 1.807) is 6.08 Å². The Hall–Kier alpha value is -0.990. The van der Waals surface area contributed by atoms with E-state index >= 15 is 0 Å². The van der Waals surface area contributed by atoms with Crippen LogP contribution < -0.4 is 4.74 Å². The Labute approximate surface area is 229 Å². The highest BCUT2D eigenvalue weighted by molar-refractivity contribution is 14.1. The third-order valence-corrected chi connectivity index (χ3v) is 7.29. The maximum Gasteiger partial charge on any atom is 0.363 e. The Morgan fingerprint density at radius 3 is 2.45 bits per heavy atom. The van der Waals surface area contributed by atoms with Gasteiger partial charge in [0.15, 0.2) is 5.70 Å². The lowest BCUT2D eigenvalue weighted by molar-refractivity contribution is -0.129. The summed E-state index contributed by atoms with van der Waals surface area (Å²) >= 11 is 10.3. The summed E-state index contributed by atoms with van der Waals surface area (Å²) in [6.07, 6.45) is 1.74. The van der Waals surface area contributed by atoms with Crippen molar-refractivity contribution in [2.24, 2.45) is 4.99 Å². The smallest absolute Gasteiger partial charge is 0.363 e. The monoisotopic (exact) mass is 811 g/mol. The van der Waals surface area contributed by atoms with Crippen molar-refractivity contribution in [3.05, 3.63) is 98.2 Å². The minimum absolute atomic E-state index is 0.268. The van der Waals surface area contributed by atoms with E-state index in [9.17, 15) is 4.79 Å². The summed E-state index contributed by atoms with van der Waals surface area (Å²) in [4.78, 5) is 16.7. The Kier molecular flexibility index (Phi) is 7.70. The number of hydrogen-bond donors (Lipinski definition) is 0. The van der Waals surface area contributed by atoms with E-state index in [4.69, 9.17) is 9.47 Å². The predicted molar refractivity (Wildman–Crippen MR) is 150 cm³/mol. The van der Waals surface area contributed by atoms with Crippen molar-refractivity contribution >= 4 is 102 Å². The first-order valence-corrected chi connectivity index (χ1v) is 13.1. The molecule has 0 unspecified atom stereocenters. The molecule has 4 nitrogen and oxygen atoms in total. The molecule has 0 aliphatic carbocycles. The molecule has 0 aromatic heterocycles. The summed E-state index contributed by atoms with van der Waals surface area (Å²) in [5.41, 5.74) is 2.99. The van der Waals surface area contributed by atoms with Gasteiger partial charge in [0.1, 0.15) is 12.4 Å². The van der Waals surface area contributed by atoms with Gasteiger partial charge in [-0.2, -0.15) is 0 Å². The average molecular weight is 812 g/mol. The SMILES string of the molecule is O=C1OC(c2ccccc2Br)=N/C1=C\c1cc(I)c(OCc2cccc(I)c2)c(I)c1. The molecule has 1 heterocycles. The molecule has 1 aliphatic heterocycles. The van der Waals surface area contributed by atoms with Gasteiger partial charge in [-0.15, -0.1) is 0 Å². The number of hydrogen-bond acceptors (Lipinski definition) is 4. The highest BCUT2D eigenvalue weighted by Gasteiger charge is 2.25. The molecular formula is C23H13BrI3NO3. The molecule has 0 spiro atoms. The number of esters is 1. The summed E-state index contributed by atoms with van der Waals surface area (Å²) in [6.45, 7) is 0.495. The molecule has 31 heavy (non-hydrogen) atoms. The lowest BCUT2D eigenvalue weighted by Crippen LogP contribution is -2.05. The maximum absolute atomic E-state index is 12.3. The van der Waals surface area contributed by atoms with Crippen molar-refractivity contribution in [1.29, 1.82) is 0 Å². The van der Waals surface area contributed by atoms with Crippen LogP contribution in [-0.2, 0) is 16.1 Å². The van der Waals surface area contributed by atoms with E-state index in [0.717, 1.165) is 34.1 Å². The lowest BCUT2D eigenvalue weighted by atomic mass is 10.2. The minimum atomic E-state index is -0.463. The second kappa shape index (κ2) is 10.3. The first kappa shape index (κ1) is 23.2. The van der Waals surface area contributed by atoms with E-state index in [2.05, 4.69) is 101 Å². The largest absolute Gasteiger partial charge is 0.487 e. The number of halogens is 4. The minimum Gasteiger partial charge on any atom is -0.487 e. The highest BCUT2D eigenvalue weighted by atomic mass is 127. The quantitative estimate of drug-likeness (QED) is 0.156. The Morgan fingerprint density at radius 2 is 1.74 bits per heavy atom. The van der Waals surface area contributed by atoms with Gasteiger partial charge in [-0.1, -0.05) is 24.3 Å². The fourth-order valence-electron chi connectivity index (χ4n) is 2.90. The van der Waals surface area contributed by atoms with Crippen LogP contribution in [0.25, 0.3) is 6.08 Å². The van der Waals surface area contributed by atoms with Gasteiger partial charge in [0.05, 0.1) is 12.7 Å². The van der Waals surface area contributed by atoms with Gasteiger partial charge in [-0.3, -0.25) is 0 Å². The molecule has 8 heteroatoms. The first-order valence-electron chi connectivity index (χ1n) is 9.04. The number of benzene rings is 3. The summed E-state index contributed by atoms with van der Waals surface area (Å²) in [5, 5.41) is 0. The molecule has 0 saturated heterocycles. The highest BCUT2D eigenvalue weighted by Crippen LogP contribution is 2.31. The van der Waals surface area contributed by atoms with Gasteiger partial charge in [-0.25, -0.2) is 9.79 Å². The number of carbonyl (C=O) groups is 1. The van der Waals surface area contributed by atoms with Crippen LogP contribution in [0.2, 0.25) is 0 Å². The first-order chi connectivity index (χ1) is 14.9. The number of ether oxygens (including phenoxy) is 2. The number of nitrogens with zero attached hydrogens (tertiary/aromatic N) is 1. The van der Waals surface area contributed by atoms with Crippen LogP contribution >= 0.6 is 83.7 Å². The predicted octanol–water partition coefficient (Wildman–Crippen LogP) is 7.19. The van der Waals surface area contributed by atoms with Crippen molar-refractivity contribution in [2.45, 2.75) is 6.61 Å². The molecule has 0 amide bonds. The number of carbonyl (C=O) groups excluding carboxylic acids is 1. The van der Waals surface area contributed by atoms with E-state index in [1.165, 1.54) is 3.57 Å². The van der Waals surface area contributed by atoms with Crippen molar-refractivity contribution in [1.82, 2.24) is 0 Å². The van der Waals surface area contributed by atoms with Gasteiger partial charge in [0, 0.05) is 8.04 Å². The number of cyclic esters (lactones) is 1. The summed E-state index contributed by atoms with van der Waals surface area (Å²) in [7, 11) is 0. The van der Waals surface area contributed by atoms with Crippen LogP contribution in [0, 0.1) is 10.7 Å². The zero-order valence-electron chi connectivity index (χ0n) is 15.7. The van der Waals surface area contributed by atoms with Crippen molar-refractivity contribution in [3.8, 4) is 5.75 Å². The zero-order chi connectivity index (χ0) is 22.0. The Bertz CT molecular complexity index is 1220. The Balaban J connectivity index is 1.57. The Morgan fingerprint density at radius 1 is 1.00 bits per heavy atom. The molecule has 1 aliphatic rings. The normalized spacial score (nSPS) is 14.5. The van der Waals surface area contributed by atoms with Crippen molar-refractivity contribution in [3.63, 3.8) is 0 Å². The van der Waals surface area contributed by atoms with Gasteiger partial charge >= 0.3 is 5.97 Å². The molecule has 0 fully saturated rings. The van der Waals surface area contributed by atoms with Crippen molar-refractivity contribution in [2.75, 3.05) is 0 Å². The number of rotatable bonds is 5. The van der Waals surface area contributed by atoms with Crippen LogP contribution in [0.1, 0.15) is 16.7 Å². The van der Waals surface area contributed by atoms with Crippen LogP contribution in [0.3, 0.4) is 0 Å². The molecular weight excluding hydrogens is 799 g/mol. The molecule has 0 radical (unpaired) electrons. The van der Waals surface area contributed by atoms with E-state index in [0.29, 0.717) is 12.5 Å².